The second-order valence-corrected chi connectivity index (χ2v) is 9.61. The number of sulfonamides is 1. The van der Waals surface area contributed by atoms with E-state index in [4.69, 9.17) is 14.2 Å². The molecule has 0 bridgehead atoms. The van der Waals surface area contributed by atoms with Crippen LogP contribution in [-0.4, -0.2) is 83.3 Å². The second-order valence-electron chi connectivity index (χ2n) is 7.89. The molecule has 3 rings (SSSR count). The zero-order chi connectivity index (χ0) is 25.4. The summed E-state index contributed by atoms with van der Waals surface area (Å²) in [4.78, 5) is 28.5. The Morgan fingerprint density at radius 1 is 0.943 bits per heavy atom. The average molecular weight is 506 g/mol. The number of rotatable bonds is 9. The molecule has 0 spiro atoms. The van der Waals surface area contributed by atoms with Crippen LogP contribution in [0.5, 0.6) is 11.5 Å². The van der Waals surface area contributed by atoms with Gasteiger partial charge in [-0.05, 0) is 31.0 Å². The van der Waals surface area contributed by atoms with Crippen LogP contribution in [0, 0.1) is 0 Å². The third-order valence-electron chi connectivity index (χ3n) is 5.66. The molecule has 0 saturated carbocycles. The molecule has 2 aromatic rings. The number of hydrogen-bond acceptors (Lipinski definition) is 7. The fourth-order valence-corrected chi connectivity index (χ4v) is 5.02. The lowest BCUT2D eigenvalue weighted by atomic mass is 10.1. The van der Waals surface area contributed by atoms with Gasteiger partial charge in [0.15, 0.2) is 11.5 Å². The van der Waals surface area contributed by atoms with Crippen molar-refractivity contribution >= 4 is 22.0 Å². The molecular formula is C24H31N3O7S. The number of carbonyl (C=O) groups is 2. The molecule has 2 amide bonds. The van der Waals surface area contributed by atoms with Gasteiger partial charge in [-0.15, -0.1) is 0 Å². The van der Waals surface area contributed by atoms with Crippen LogP contribution in [0.2, 0.25) is 0 Å². The van der Waals surface area contributed by atoms with Gasteiger partial charge in [0.1, 0.15) is 6.04 Å². The van der Waals surface area contributed by atoms with E-state index in [-0.39, 0.29) is 42.7 Å². The van der Waals surface area contributed by atoms with Crippen LogP contribution in [0.3, 0.4) is 0 Å². The lowest BCUT2D eigenvalue weighted by Gasteiger charge is -2.36. The summed E-state index contributed by atoms with van der Waals surface area (Å²) in [6.45, 7) is 3.18. The highest BCUT2D eigenvalue weighted by molar-refractivity contribution is 7.89. The van der Waals surface area contributed by atoms with E-state index in [1.165, 1.54) is 37.3 Å². The zero-order valence-corrected chi connectivity index (χ0v) is 20.9. The normalized spacial score (nSPS) is 14.8. The Bertz CT molecular complexity index is 1120. The number of hydrogen-bond donors (Lipinski definition) is 1. The van der Waals surface area contributed by atoms with Crippen molar-refractivity contribution in [1.82, 2.24) is 14.5 Å². The minimum atomic E-state index is -4.07. The van der Waals surface area contributed by atoms with Gasteiger partial charge in [-0.2, -0.15) is 4.72 Å². The Hall–Kier alpha value is -3.31. The van der Waals surface area contributed by atoms with Crippen molar-refractivity contribution in [3.05, 3.63) is 54.1 Å². The van der Waals surface area contributed by atoms with Gasteiger partial charge in [-0.25, -0.2) is 13.2 Å². The maximum Gasteiger partial charge on any atom is 0.409 e. The van der Waals surface area contributed by atoms with Gasteiger partial charge in [-0.1, -0.05) is 30.3 Å². The third kappa shape index (κ3) is 6.64. The molecule has 190 valence electrons. The van der Waals surface area contributed by atoms with E-state index in [2.05, 4.69) is 4.72 Å². The van der Waals surface area contributed by atoms with Crippen molar-refractivity contribution in [3.8, 4) is 11.5 Å². The molecule has 1 heterocycles. The van der Waals surface area contributed by atoms with Gasteiger partial charge in [-0.3, -0.25) is 4.79 Å². The SMILES string of the molecule is CCOC(=O)N1CCN(C(=O)C(Cc2ccccc2)NS(=O)(=O)c2ccc(OC)c(OC)c2)CC1. The molecule has 1 N–H and O–H groups in total. The summed E-state index contributed by atoms with van der Waals surface area (Å²) >= 11 is 0. The molecule has 0 radical (unpaired) electrons. The standard InChI is InChI=1S/C24H31N3O7S/c1-4-34-24(29)27-14-12-26(13-15-27)23(28)20(16-18-8-6-5-7-9-18)25-35(30,31)19-10-11-21(32-2)22(17-19)33-3/h5-11,17,20,25H,4,12-16H2,1-3H3. The highest BCUT2D eigenvalue weighted by Gasteiger charge is 2.32. The summed E-state index contributed by atoms with van der Waals surface area (Å²) < 4.78 is 44.5. The molecule has 1 aliphatic rings. The van der Waals surface area contributed by atoms with Gasteiger partial charge in [0.25, 0.3) is 0 Å². The maximum atomic E-state index is 13.5. The van der Waals surface area contributed by atoms with E-state index in [1.807, 2.05) is 30.3 Å². The quantitative estimate of drug-likeness (QED) is 0.554. The first kappa shape index (κ1) is 26.3. The second kappa shape index (κ2) is 11.9. The number of ether oxygens (including phenoxy) is 3. The van der Waals surface area contributed by atoms with Gasteiger partial charge in [0.05, 0.1) is 25.7 Å². The summed E-state index contributed by atoms with van der Waals surface area (Å²) in [5.74, 6) is 0.292. The summed E-state index contributed by atoms with van der Waals surface area (Å²) in [5, 5.41) is 0. The first-order valence-corrected chi connectivity index (χ1v) is 12.8. The van der Waals surface area contributed by atoms with E-state index in [9.17, 15) is 18.0 Å². The molecule has 1 atom stereocenters. The predicted octanol–water partition coefficient (Wildman–Crippen LogP) is 1.89. The molecule has 2 aromatic carbocycles. The van der Waals surface area contributed by atoms with Crippen molar-refractivity contribution in [2.24, 2.45) is 0 Å². The first-order chi connectivity index (χ1) is 16.8. The van der Waals surface area contributed by atoms with Gasteiger partial charge in [0, 0.05) is 32.2 Å². The smallest absolute Gasteiger partial charge is 0.409 e. The summed E-state index contributed by atoms with van der Waals surface area (Å²) in [6, 6.07) is 12.4. The Labute approximate surface area is 205 Å². The third-order valence-corrected chi connectivity index (χ3v) is 7.13. The largest absolute Gasteiger partial charge is 0.493 e. The molecule has 1 unspecified atom stereocenters. The minimum Gasteiger partial charge on any atom is -0.493 e. The first-order valence-electron chi connectivity index (χ1n) is 11.3. The lowest BCUT2D eigenvalue weighted by Crippen LogP contribution is -2.56. The van der Waals surface area contributed by atoms with E-state index in [1.54, 1.807) is 11.8 Å². The van der Waals surface area contributed by atoms with Crippen LogP contribution in [0.25, 0.3) is 0 Å². The molecule has 10 nitrogen and oxygen atoms in total. The van der Waals surface area contributed by atoms with Crippen LogP contribution >= 0.6 is 0 Å². The van der Waals surface area contributed by atoms with E-state index < -0.39 is 22.2 Å². The molecule has 35 heavy (non-hydrogen) atoms. The van der Waals surface area contributed by atoms with Crippen LogP contribution in [-0.2, 0) is 26.0 Å². The monoisotopic (exact) mass is 505 g/mol. The van der Waals surface area contributed by atoms with Crippen LogP contribution < -0.4 is 14.2 Å². The van der Waals surface area contributed by atoms with Crippen molar-refractivity contribution in [2.45, 2.75) is 24.3 Å². The maximum absolute atomic E-state index is 13.5. The number of methoxy groups -OCH3 is 2. The van der Waals surface area contributed by atoms with Crippen molar-refractivity contribution in [1.29, 1.82) is 0 Å². The zero-order valence-electron chi connectivity index (χ0n) is 20.1. The molecule has 1 saturated heterocycles. The van der Waals surface area contributed by atoms with Crippen LogP contribution in [0.15, 0.2) is 53.4 Å². The average Bonchev–Trinajstić information content (AvgIpc) is 2.88. The fourth-order valence-electron chi connectivity index (χ4n) is 3.81. The molecule has 1 fully saturated rings. The summed E-state index contributed by atoms with van der Waals surface area (Å²) in [7, 11) is -1.20. The highest BCUT2D eigenvalue weighted by atomic mass is 32.2. The molecule has 1 aliphatic heterocycles. The van der Waals surface area contributed by atoms with Gasteiger partial charge >= 0.3 is 6.09 Å². The van der Waals surface area contributed by atoms with Crippen LogP contribution in [0.1, 0.15) is 12.5 Å². The Morgan fingerprint density at radius 2 is 1.57 bits per heavy atom. The highest BCUT2D eigenvalue weighted by Crippen LogP contribution is 2.29. The minimum absolute atomic E-state index is 0.0480. The number of nitrogens with one attached hydrogen (secondary N) is 1. The van der Waals surface area contributed by atoms with Crippen molar-refractivity contribution in [2.75, 3.05) is 47.0 Å². The number of benzene rings is 2. The Kier molecular flexibility index (Phi) is 8.94. The van der Waals surface area contributed by atoms with Crippen LogP contribution in [0.4, 0.5) is 4.79 Å². The molecule has 0 aromatic heterocycles. The molecular weight excluding hydrogens is 474 g/mol. The topological polar surface area (TPSA) is 114 Å². The summed E-state index contributed by atoms with van der Waals surface area (Å²) in [5.41, 5.74) is 0.811. The number of carbonyl (C=O) groups excluding carboxylic acids is 2. The number of nitrogens with zero attached hydrogens (tertiary/aromatic N) is 2. The number of amides is 2. The summed E-state index contributed by atoms with van der Waals surface area (Å²) in [6.07, 6.45) is -0.251. The van der Waals surface area contributed by atoms with Gasteiger partial charge in [0.2, 0.25) is 15.9 Å². The van der Waals surface area contributed by atoms with Gasteiger partial charge < -0.3 is 24.0 Å². The van der Waals surface area contributed by atoms with E-state index >= 15 is 0 Å². The fraction of sp³-hybridized carbons (Fsp3) is 0.417. The molecule has 11 heteroatoms. The lowest BCUT2D eigenvalue weighted by molar-refractivity contribution is -0.134. The van der Waals surface area contributed by atoms with Crippen molar-refractivity contribution < 1.29 is 32.2 Å². The molecule has 0 aliphatic carbocycles. The number of piperazine rings is 1. The van der Waals surface area contributed by atoms with E-state index in [0.717, 1.165) is 5.56 Å². The van der Waals surface area contributed by atoms with Crippen molar-refractivity contribution in [3.63, 3.8) is 0 Å². The predicted molar refractivity (Wildman–Crippen MR) is 129 cm³/mol. The van der Waals surface area contributed by atoms with E-state index in [0.29, 0.717) is 18.8 Å². The Morgan fingerprint density at radius 3 is 2.17 bits per heavy atom. The Balaban J connectivity index is 1.81.